The van der Waals surface area contributed by atoms with Crippen LogP contribution in [-0.2, 0) is 4.79 Å². The molecule has 9 heteroatoms. The summed E-state index contributed by atoms with van der Waals surface area (Å²) >= 11 is 0. The van der Waals surface area contributed by atoms with E-state index in [1.165, 1.54) is 5.01 Å². The molecule has 1 unspecified atom stereocenters. The van der Waals surface area contributed by atoms with Crippen molar-refractivity contribution in [3.05, 3.63) is 42.0 Å². The summed E-state index contributed by atoms with van der Waals surface area (Å²) in [5.41, 5.74) is 1.80. The third kappa shape index (κ3) is 2.74. The predicted molar refractivity (Wildman–Crippen MR) is 86.2 cm³/mol. The van der Waals surface area contributed by atoms with Crippen molar-refractivity contribution < 1.29 is 4.79 Å². The van der Waals surface area contributed by atoms with Crippen molar-refractivity contribution >= 4 is 23.7 Å². The molecule has 0 spiro atoms. The van der Waals surface area contributed by atoms with Gasteiger partial charge in [-0.3, -0.25) is 19.8 Å². The van der Waals surface area contributed by atoms with Crippen molar-refractivity contribution in [1.82, 2.24) is 24.9 Å². The van der Waals surface area contributed by atoms with E-state index >= 15 is 0 Å². The third-order valence-electron chi connectivity index (χ3n) is 3.69. The molecule has 0 saturated carbocycles. The molecule has 1 atom stereocenters. The SMILES string of the molecule is CN1C(N(N)CN(N)C=O)=CC=NC1c1c[nH]c2ncccc12. The molecule has 0 aromatic carbocycles. The van der Waals surface area contributed by atoms with Gasteiger partial charge in [0.2, 0.25) is 6.41 Å². The van der Waals surface area contributed by atoms with E-state index in [-0.39, 0.29) is 12.8 Å². The molecule has 5 N–H and O–H groups in total. The molecular formula is C14H18N8O. The molecule has 1 aliphatic rings. The molecule has 9 nitrogen and oxygen atoms in total. The number of rotatable bonds is 5. The average molecular weight is 314 g/mol. The molecule has 3 rings (SSSR count). The number of hydrogen-bond donors (Lipinski definition) is 3. The van der Waals surface area contributed by atoms with Gasteiger partial charge < -0.3 is 9.88 Å². The number of carbonyl (C=O) groups excluding carboxylic acids is 1. The second-order valence-electron chi connectivity index (χ2n) is 5.18. The standard InChI is InChI=1S/C14H18N8O/c1-20-12(22(16)8-21(15)9-23)4-6-18-14(20)11-7-19-13-10(11)3-2-5-17-13/h2-7,9,14H,8,15-16H2,1H3,(H,17,19). The first-order valence-electron chi connectivity index (χ1n) is 6.99. The fraction of sp³-hybridized carbons (Fsp3) is 0.214. The Hall–Kier alpha value is -2.91. The van der Waals surface area contributed by atoms with Gasteiger partial charge in [0.1, 0.15) is 24.3 Å². The first-order valence-corrected chi connectivity index (χ1v) is 6.99. The monoisotopic (exact) mass is 314 g/mol. The van der Waals surface area contributed by atoms with Crippen LogP contribution in [0, 0.1) is 0 Å². The molecule has 1 amide bonds. The molecule has 0 aliphatic carbocycles. The lowest BCUT2D eigenvalue weighted by molar-refractivity contribution is -0.120. The highest BCUT2D eigenvalue weighted by molar-refractivity contribution is 5.81. The van der Waals surface area contributed by atoms with Crippen LogP contribution in [0.5, 0.6) is 0 Å². The van der Waals surface area contributed by atoms with Gasteiger partial charge >= 0.3 is 0 Å². The first kappa shape index (κ1) is 15.0. The Bertz CT molecular complexity index is 767. The van der Waals surface area contributed by atoms with Crippen molar-refractivity contribution in [3.8, 4) is 0 Å². The Morgan fingerprint density at radius 1 is 1.48 bits per heavy atom. The van der Waals surface area contributed by atoms with Gasteiger partial charge in [-0.25, -0.2) is 16.7 Å². The summed E-state index contributed by atoms with van der Waals surface area (Å²) < 4.78 is 0. The number of carbonyl (C=O) groups is 1. The summed E-state index contributed by atoms with van der Waals surface area (Å²) in [4.78, 5) is 24.5. The molecule has 3 heterocycles. The number of aliphatic imine (C=N–C) groups is 1. The topological polar surface area (TPSA) is 120 Å². The summed E-state index contributed by atoms with van der Waals surface area (Å²) in [6, 6.07) is 3.87. The Morgan fingerprint density at radius 2 is 2.30 bits per heavy atom. The van der Waals surface area contributed by atoms with Gasteiger partial charge in [-0.2, -0.15) is 0 Å². The minimum atomic E-state index is -0.249. The van der Waals surface area contributed by atoms with Crippen LogP contribution in [0.2, 0.25) is 0 Å². The number of nitrogens with two attached hydrogens (primary N) is 2. The lowest BCUT2D eigenvalue weighted by atomic mass is 10.1. The number of hydrogen-bond acceptors (Lipinski definition) is 7. The number of nitrogens with one attached hydrogen (secondary N) is 1. The predicted octanol–water partition coefficient (Wildman–Crippen LogP) is -0.116. The zero-order valence-corrected chi connectivity index (χ0v) is 12.6. The largest absolute Gasteiger partial charge is 0.346 e. The maximum atomic E-state index is 10.7. The molecule has 0 bridgehead atoms. The van der Waals surface area contributed by atoms with E-state index < -0.39 is 0 Å². The van der Waals surface area contributed by atoms with E-state index in [0.29, 0.717) is 12.2 Å². The summed E-state index contributed by atoms with van der Waals surface area (Å²) in [5, 5.41) is 3.35. The van der Waals surface area contributed by atoms with Crippen LogP contribution in [0.4, 0.5) is 0 Å². The molecule has 0 saturated heterocycles. The number of allylic oxidation sites excluding steroid dienone is 1. The number of pyridine rings is 1. The number of aromatic amines is 1. The maximum absolute atomic E-state index is 10.7. The summed E-state index contributed by atoms with van der Waals surface area (Å²) in [5.74, 6) is 12.2. The van der Waals surface area contributed by atoms with Crippen molar-refractivity contribution in [3.63, 3.8) is 0 Å². The molecule has 2 aromatic heterocycles. The number of H-pyrrole nitrogens is 1. The van der Waals surface area contributed by atoms with Crippen molar-refractivity contribution in [2.24, 2.45) is 16.7 Å². The highest BCUT2D eigenvalue weighted by atomic mass is 16.1. The zero-order valence-electron chi connectivity index (χ0n) is 12.6. The number of hydrazine groups is 2. The van der Waals surface area contributed by atoms with Gasteiger partial charge in [0.05, 0.1) is 0 Å². The van der Waals surface area contributed by atoms with E-state index in [1.807, 2.05) is 30.3 Å². The van der Waals surface area contributed by atoms with Gasteiger partial charge in [-0.1, -0.05) is 0 Å². The Labute approximate surface area is 132 Å². The molecule has 0 radical (unpaired) electrons. The normalized spacial score (nSPS) is 17.3. The van der Waals surface area contributed by atoms with Crippen LogP contribution < -0.4 is 11.7 Å². The van der Waals surface area contributed by atoms with Crippen LogP contribution in [0.1, 0.15) is 11.7 Å². The summed E-state index contributed by atoms with van der Waals surface area (Å²) in [6.45, 7) is 0.0652. The quantitative estimate of drug-likeness (QED) is 0.233. The van der Waals surface area contributed by atoms with Crippen LogP contribution in [0.15, 0.2) is 41.4 Å². The van der Waals surface area contributed by atoms with Crippen molar-refractivity contribution in [2.45, 2.75) is 6.17 Å². The van der Waals surface area contributed by atoms with Crippen LogP contribution >= 0.6 is 0 Å². The maximum Gasteiger partial charge on any atom is 0.225 e. The van der Waals surface area contributed by atoms with Gasteiger partial charge in [0.15, 0.2) is 0 Å². The highest BCUT2D eigenvalue weighted by Gasteiger charge is 2.25. The number of nitrogens with zero attached hydrogens (tertiary/aromatic N) is 5. The summed E-state index contributed by atoms with van der Waals surface area (Å²) in [6.07, 6.45) is 7.35. The van der Waals surface area contributed by atoms with Crippen LogP contribution in [-0.4, -0.2) is 51.2 Å². The van der Waals surface area contributed by atoms with Crippen molar-refractivity contribution in [1.29, 1.82) is 0 Å². The third-order valence-corrected chi connectivity index (χ3v) is 3.69. The molecule has 2 aromatic rings. The molecule has 0 fully saturated rings. The number of fused-ring (bicyclic) bond motifs is 1. The molecule has 23 heavy (non-hydrogen) atoms. The molecule has 1 aliphatic heterocycles. The lowest BCUT2D eigenvalue weighted by Gasteiger charge is -2.36. The molecule has 120 valence electrons. The van der Waals surface area contributed by atoms with Crippen molar-refractivity contribution in [2.75, 3.05) is 13.7 Å². The number of aromatic nitrogens is 2. The summed E-state index contributed by atoms with van der Waals surface area (Å²) in [7, 11) is 1.88. The average Bonchev–Trinajstić information content (AvgIpc) is 2.98. The highest BCUT2D eigenvalue weighted by Crippen LogP contribution is 2.31. The zero-order chi connectivity index (χ0) is 16.4. The smallest absolute Gasteiger partial charge is 0.225 e. The fourth-order valence-electron chi connectivity index (χ4n) is 2.59. The Kier molecular flexibility index (Phi) is 3.96. The van der Waals surface area contributed by atoms with E-state index in [4.69, 9.17) is 11.7 Å². The first-order chi connectivity index (χ1) is 11.1. The Balaban J connectivity index is 1.87. The van der Waals surface area contributed by atoms with Crippen LogP contribution in [0.3, 0.4) is 0 Å². The van der Waals surface area contributed by atoms with Gasteiger partial charge in [0, 0.05) is 36.6 Å². The second kappa shape index (κ2) is 6.07. The molecular weight excluding hydrogens is 296 g/mol. The van der Waals surface area contributed by atoms with Crippen LogP contribution in [0.25, 0.3) is 11.0 Å². The Morgan fingerprint density at radius 3 is 3.09 bits per heavy atom. The van der Waals surface area contributed by atoms with Gasteiger partial charge in [0.25, 0.3) is 0 Å². The number of amides is 1. The van der Waals surface area contributed by atoms with E-state index in [1.54, 1.807) is 18.5 Å². The second-order valence-corrected chi connectivity index (χ2v) is 5.18. The van der Waals surface area contributed by atoms with Gasteiger partial charge in [-0.15, -0.1) is 0 Å². The van der Waals surface area contributed by atoms with E-state index in [0.717, 1.165) is 21.6 Å². The minimum absolute atomic E-state index is 0.0652. The van der Waals surface area contributed by atoms with E-state index in [2.05, 4.69) is 15.0 Å². The fourth-order valence-corrected chi connectivity index (χ4v) is 2.59. The van der Waals surface area contributed by atoms with Gasteiger partial charge in [-0.05, 0) is 18.2 Å². The minimum Gasteiger partial charge on any atom is -0.346 e. The lowest BCUT2D eigenvalue weighted by Crippen LogP contribution is -2.48. The van der Waals surface area contributed by atoms with E-state index in [9.17, 15) is 4.79 Å².